The Morgan fingerprint density at radius 1 is 1.25 bits per heavy atom. The van der Waals surface area contributed by atoms with Crippen LogP contribution in [0.2, 0.25) is 0 Å². The molecule has 0 aliphatic carbocycles. The van der Waals surface area contributed by atoms with E-state index in [4.69, 9.17) is 0 Å². The van der Waals surface area contributed by atoms with E-state index in [1.54, 1.807) is 14.1 Å². The number of nitrogens with zero attached hydrogens (tertiary/aromatic N) is 1. The third kappa shape index (κ3) is 6.45. The van der Waals surface area contributed by atoms with Gasteiger partial charge >= 0.3 is 0 Å². The summed E-state index contributed by atoms with van der Waals surface area (Å²) in [5.41, 5.74) is 0. The molecule has 0 fully saturated rings. The van der Waals surface area contributed by atoms with Gasteiger partial charge in [0, 0.05) is 26.7 Å². The molecule has 0 spiro atoms. The van der Waals surface area contributed by atoms with Crippen LogP contribution in [0.15, 0.2) is 0 Å². The first kappa shape index (κ1) is 15.9. The molecule has 16 heavy (non-hydrogen) atoms. The van der Waals surface area contributed by atoms with Crippen molar-refractivity contribution >= 4 is 10.0 Å². The van der Waals surface area contributed by atoms with Crippen LogP contribution in [0.25, 0.3) is 0 Å². The third-order valence-corrected chi connectivity index (χ3v) is 4.58. The average Bonchev–Trinajstić information content (AvgIpc) is 2.22. The molecule has 1 N–H and O–H groups in total. The molecule has 0 aromatic heterocycles. The number of rotatable bonds is 9. The van der Waals surface area contributed by atoms with Crippen LogP contribution in [0.3, 0.4) is 0 Å². The molecular formula is C11H26N2O2S. The molecule has 0 amide bonds. The van der Waals surface area contributed by atoms with Gasteiger partial charge in [0.2, 0.25) is 10.0 Å². The van der Waals surface area contributed by atoms with Crippen molar-refractivity contribution in [2.45, 2.75) is 45.6 Å². The van der Waals surface area contributed by atoms with E-state index in [-0.39, 0.29) is 5.75 Å². The molecule has 98 valence electrons. The van der Waals surface area contributed by atoms with Crippen LogP contribution in [-0.4, -0.2) is 45.2 Å². The van der Waals surface area contributed by atoms with Crippen molar-refractivity contribution in [3.63, 3.8) is 0 Å². The number of nitrogens with one attached hydrogen (secondary N) is 1. The lowest BCUT2D eigenvalue weighted by Crippen LogP contribution is -2.36. The van der Waals surface area contributed by atoms with E-state index >= 15 is 0 Å². The molecule has 0 rings (SSSR count). The summed E-state index contributed by atoms with van der Waals surface area (Å²) in [6, 6.07) is 0.456. The van der Waals surface area contributed by atoms with E-state index in [2.05, 4.69) is 19.2 Å². The fourth-order valence-electron chi connectivity index (χ4n) is 1.48. The van der Waals surface area contributed by atoms with E-state index in [0.717, 1.165) is 12.8 Å². The highest BCUT2D eigenvalue weighted by Crippen LogP contribution is 2.04. The Balaban J connectivity index is 3.86. The van der Waals surface area contributed by atoms with Gasteiger partial charge in [0.15, 0.2) is 0 Å². The summed E-state index contributed by atoms with van der Waals surface area (Å²) >= 11 is 0. The highest BCUT2D eigenvalue weighted by molar-refractivity contribution is 7.89. The van der Waals surface area contributed by atoms with E-state index in [1.165, 1.54) is 17.1 Å². The molecule has 1 unspecified atom stereocenters. The van der Waals surface area contributed by atoms with Crippen molar-refractivity contribution in [1.29, 1.82) is 0 Å². The second-order valence-corrected chi connectivity index (χ2v) is 6.60. The lowest BCUT2D eigenvalue weighted by atomic mass is 10.1. The maximum absolute atomic E-state index is 11.5. The molecule has 0 aromatic carbocycles. The van der Waals surface area contributed by atoms with E-state index < -0.39 is 10.0 Å². The van der Waals surface area contributed by atoms with Crippen molar-refractivity contribution in [1.82, 2.24) is 9.62 Å². The van der Waals surface area contributed by atoms with Gasteiger partial charge in [0.05, 0.1) is 5.75 Å². The molecule has 0 saturated heterocycles. The van der Waals surface area contributed by atoms with Crippen LogP contribution in [0.4, 0.5) is 0 Å². The summed E-state index contributed by atoms with van der Waals surface area (Å²) in [4.78, 5) is 0. The Labute approximate surface area is 100 Å². The third-order valence-electron chi connectivity index (χ3n) is 2.75. The molecule has 0 bridgehead atoms. The molecule has 0 heterocycles. The van der Waals surface area contributed by atoms with E-state index in [1.807, 2.05) is 0 Å². The lowest BCUT2D eigenvalue weighted by molar-refractivity contribution is 0.459. The van der Waals surface area contributed by atoms with Crippen molar-refractivity contribution in [3.8, 4) is 0 Å². The predicted molar refractivity (Wildman–Crippen MR) is 69.1 cm³/mol. The van der Waals surface area contributed by atoms with Gasteiger partial charge in [-0.2, -0.15) is 0 Å². The first-order valence-electron chi connectivity index (χ1n) is 6.07. The number of hydrogen-bond donors (Lipinski definition) is 1. The van der Waals surface area contributed by atoms with E-state index in [0.29, 0.717) is 12.6 Å². The van der Waals surface area contributed by atoms with Gasteiger partial charge < -0.3 is 5.32 Å². The Morgan fingerprint density at radius 2 is 1.88 bits per heavy atom. The molecule has 0 saturated carbocycles. The van der Waals surface area contributed by atoms with Crippen LogP contribution in [0.1, 0.15) is 39.5 Å². The van der Waals surface area contributed by atoms with Gasteiger partial charge in [-0.25, -0.2) is 12.7 Å². The lowest BCUT2D eigenvalue weighted by Gasteiger charge is -2.17. The smallest absolute Gasteiger partial charge is 0.214 e. The predicted octanol–water partition coefficient (Wildman–Crippen LogP) is 1.44. The maximum Gasteiger partial charge on any atom is 0.214 e. The van der Waals surface area contributed by atoms with Gasteiger partial charge in [-0.15, -0.1) is 0 Å². The second kappa shape index (κ2) is 8.03. The first-order valence-corrected chi connectivity index (χ1v) is 7.68. The van der Waals surface area contributed by atoms with Gasteiger partial charge in [-0.3, -0.25) is 0 Å². The molecule has 0 aromatic rings. The molecule has 0 radical (unpaired) electrons. The van der Waals surface area contributed by atoms with Gasteiger partial charge in [-0.05, 0) is 12.8 Å². The van der Waals surface area contributed by atoms with Crippen LogP contribution in [0, 0.1) is 0 Å². The zero-order chi connectivity index (χ0) is 12.6. The summed E-state index contributed by atoms with van der Waals surface area (Å²) < 4.78 is 24.3. The minimum absolute atomic E-state index is 0.183. The van der Waals surface area contributed by atoms with E-state index in [9.17, 15) is 8.42 Å². The van der Waals surface area contributed by atoms with Crippen LogP contribution in [-0.2, 0) is 10.0 Å². The van der Waals surface area contributed by atoms with Crippen molar-refractivity contribution < 1.29 is 8.42 Å². The van der Waals surface area contributed by atoms with Crippen molar-refractivity contribution in [2.24, 2.45) is 0 Å². The topological polar surface area (TPSA) is 49.4 Å². The molecule has 5 heteroatoms. The zero-order valence-corrected chi connectivity index (χ0v) is 11.8. The Hall–Kier alpha value is -0.130. The van der Waals surface area contributed by atoms with Gasteiger partial charge in [0.1, 0.15) is 0 Å². The summed E-state index contributed by atoms with van der Waals surface area (Å²) in [7, 11) is 0.0945. The molecule has 0 aliphatic rings. The minimum atomic E-state index is -3.05. The Kier molecular flexibility index (Phi) is 7.97. The highest BCUT2D eigenvalue weighted by Gasteiger charge is 2.13. The SMILES string of the molecule is CCCCC(CC)NCCS(=O)(=O)N(C)C. The first-order chi connectivity index (χ1) is 7.44. The van der Waals surface area contributed by atoms with Crippen molar-refractivity contribution in [2.75, 3.05) is 26.4 Å². The zero-order valence-electron chi connectivity index (χ0n) is 11.0. The normalized spacial score (nSPS) is 14.3. The second-order valence-electron chi connectivity index (χ2n) is 4.30. The number of hydrogen-bond acceptors (Lipinski definition) is 3. The summed E-state index contributed by atoms with van der Waals surface area (Å²) in [6.45, 7) is 4.85. The standard InChI is InChI=1S/C11H26N2O2S/c1-5-7-8-11(6-2)12-9-10-16(14,15)13(3)4/h11-12H,5-10H2,1-4H3. The quantitative estimate of drug-likeness (QED) is 0.673. The number of unbranched alkanes of at least 4 members (excludes halogenated alkanes) is 1. The van der Waals surface area contributed by atoms with Crippen LogP contribution >= 0.6 is 0 Å². The highest BCUT2D eigenvalue weighted by atomic mass is 32.2. The van der Waals surface area contributed by atoms with Crippen LogP contribution < -0.4 is 5.32 Å². The maximum atomic E-state index is 11.5. The fourth-order valence-corrected chi connectivity index (χ4v) is 2.22. The fraction of sp³-hybridized carbons (Fsp3) is 1.00. The summed E-state index contributed by atoms with van der Waals surface area (Å²) in [5, 5.41) is 3.31. The van der Waals surface area contributed by atoms with Gasteiger partial charge in [0.25, 0.3) is 0 Å². The molecule has 4 nitrogen and oxygen atoms in total. The molecule has 1 atom stereocenters. The van der Waals surface area contributed by atoms with Crippen LogP contribution in [0.5, 0.6) is 0 Å². The Morgan fingerprint density at radius 3 is 2.31 bits per heavy atom. The Bertz CT molecular complexity index is 263. The monoisotopic (exact) mass is 250 g/mol. The minimum Gasteiger partial charge on any atom is -0.313 e. The average molecular weight is 250 g/mol. The van der Waals surface area contributed by atoms with Gasteiger partial charge in [-0.1, -0.05) is 26.7 Å². The van der Waals surface area contributed by atoms with Crippen molar-refractivity contribution in [3.05, 3.63) is 0 Å². The summed E-state index contributed by atoms with van der Waals surface area (Å²) in [5.74, 6) is 0.183. The summed E-state index contributed by atoms with van der Waals surface area (Å²) in [6.07, 6.45) is 4.58. The molecule has 0 aliphatic heterocycles. The molecular weight excluding hydrogens is 224 g/mol. The largest absolute Gasteiger partial charge is 0.313 e. The number of sulfonamides is 1.